The van der Waals surface area contributed by atoms with Crippen molar-refractivity contribution < 1.29 is 14.6 Å². The van der Waals surface area contributed by atoms with Crippen molar-refractivity contribution in [3.8, 4) is 11.5 Å². The maximum Gasteiger partial charge on any atom is 0.165 e. The molecule has 1 aromatic carbocycles. The summed E-state index contributed by atoms with van der Waals surface area (Å²) in [5, 5.41) is 8.95. The van der Waals surface area contributed by atoms with Crippen LogP contribution in [-0.2, 0) is 6.54 Å². The van der Waals surface area contributed by atoms with Gasteiger partial charge < -0.3 is 14.6 Å². The van der Waals surface area contributed by atoms with Crippen LogP contribution in [0.4, 0.5) is 0 Å². The number of hydrogen-bond donors (Lipinski definition) is 1. The van der Waals surface area contributed by atoms with Gasteiger partial charge in [0.15, 0.2) is 11.5 Å². The maximum atomic E-state index is 8.95. The molecule has 16 heavy (non-hydrogen) atoms. The van der Waals surface area contributed by atoms with Crippen molar-refractivity contribution in [1.29, 1.82) is 0 Å². The Bertz CT molecular complexity index is 354. The number of fused-ring (bicyclic) bond motifs is 1. The van der Waals surface area contributed by atoms with Crippen LogP contribution in [0.5, 0.6) is 11.5 Å². The van der Waals surface area contributed by atoms with Gasteiger partial charge in [0.2, 0.25) is 0 Å². The number of para-hydroxylation sites is 1. The minimum atomic E-state index is 0.180. The standard InChI is InChI=1S/C12H17NO3/c1-15-11-4-2-3-10-9-13(5-7-14)6-8-16-12(10)11/h2-4,14H,5-9H2,1H3. The fourth-order valence-electron chi connectivity index (χ4n) is 1.94. The van der Waals surface area contributed by atoms with Crippen LogP contribution in [-0.4, -0.2) is 43.4 Å². The first-order valence-corrected chi connectivity index (χ1v) is 5.47. The molecule has 0 spiro atoms. The number of methoxy groups -OCH3 is 1. The number of rotatable bonds is 3. The molecular weight excluding hydrogens is 206 g/mol. The van der Waals surface area contributed by atoms with E-state index < -0.39 is 0 Å². The molecule has 1 aliphatic rings. The van der Waals surface area contributed by atoms with Crippen LogP contribution < -0.4 is 9.47 Å². The van der Waals surface area contributed by atoms with E-state index in [4.69, 9.17) is 14.6 Å². The van der Waals surface area contributed by atoms with Crippen LogP contribution in [0, 0.1) is 0 Å². The molecule has 88 valence electrons. The zero-order valence-corrected chi connectivity index (χ0v) is 9.48. The van der Waals surface area contributed by atoms with Crippen molar-refractivity contribution in [2.45, 2.75) is 6.54 Å². The average Bonchev–Trinajstić information content (AvgIpc) is 2.50. The average molecular weight is 223 g/mol. The SMILES string of the molecule is COc1cccc2c1OCCN(CCO)C2. The molecule has 0 radical (unpaired) electrons. The van der Waals surface area contributed by atoms with E-state index in [-0.39, 0.29) is 6.61 Å². The van der Waals surface area contributed by atoms with Gasteiger partial charge in [-0.05, 0) is 6.07 Å². The molecule has 4 nitrogen and oxygen atoms in total. The Kier molecular flexibility index (Phi) is 3.64. The molecule has 4 heteroatoms. The van der Waals surface area contributed by atoms with Gasteiger partial charge in [0.25, 0.3) is 0 Å². The normalized spacial score (nSPS) is 16.1. The number of nitrogens with zero attached hydrogens (tertiary/aromatic N) is 1. The summed E-state index contributed by atoms with van der Waals surface area (Å²) in [5.41, 5.74) is 1.12. The van der Waals surface area contributed by atoms with E-state index in [0.717, 1.165) is 30.2 Å². The first-order chi connectivity index (χ1) is 7.85. The molecule has 0 fully saturated rings. The van der Waals surface area contributed by atoms with E-state index in [1.54, 1.807) is 7.11 Å². The summed E-state index contributed by atoms with van der Waals surface area (Å²) in [6, 6.07) is 5.90. The van der Waals surface area contributed by atoms with Crippen molar-refractivity contribution >= 4 is 0 Å². The number of benzene rings is 1. The van der Waals surface area contributed by atoms with Crippen molar-refractivity contribution in [3.05, 3.63) is 23.8 Å². The van der Waals surface area contributed by atoms with Gasteiger partial charge in [-0.3, -0.25) is 4.90 Å². The third kappa shape index (κ3) is 2.28. The van der Waals surface area contributed by atoms with Gasteiger partial charge in [-0.1, -0.05) is 12.1 Å². The Morgan fingerprint density at radius 2 is 2.38 bits per heavy atom. The molecule has 0 aliphatic carbocycles. The third-order valence-electron chi connectivity index (χ3n) is 2.74. The molecule has 1 aromatic rings. The smallest absolute Gasteiger partial charge is 0.165 e. The summed E-state index contributed by atoms with van der Waals surface area (Å²) in [6.45, 7) is 3.12. The van der Waals surface area contributed by atoms with Gasteiger partial charge in [0.1, 0.15) is 6.61 Å². The van der Waals surface area contributed by atoms with Crippen molar-refractivity contribution in [1.82, 2.24) is 4.90 Å². The summed E-state index contributed by atoms with van der Waals surface area (Å²) in [6.07, 6.45) is 0. The lowest BCUT2D eigenvalue weighted by Crippen LogP contribution is -2.28. The second kappa shape index (κ2) is 5.18. The molecule has 1 heterocycles. The zero-order chi connectivity index (χ0) is 11.4. The molecule has 2 rings (SSSR count). The highest BCUT2D eigenvalue weighted by Crippen LogP contribution is 2.33. The molecule has 1 aliphatic heterocycles. The fraction of sp³-hybridized carbons (Fsp3) is 0.500. The molecule has 0 aromatic heterocycles. The van der Waals surface area contributed by atoms with E-state index in [1.807, 2.05) is 18.2 Å². The van der Waals surface area contributed by atoms with Crippen LogP contribution in [0.3, 0.4) is 0 Å². The van der Waals surface area contributed by atoms with E-state index in [0.29, 0.717) is 13.2 Å². The molecule has 0 saturated heterocycles. The van der Waals surface area contributed by atoms with Crippen molar-refractivity contribution in [2.75, 3.05) is 33.4 Å². The first kappa shape index (κ1) is 11.2. The topological polar surface area (TPSA) is 41.9 Å². The Labute approximate surface area is 95.4 Å². The highest BCUT2D eigenvalue weighted by Gasteiger charge is 2.17. The van der Waals surface area contributed by atoms with E-state index >= 15 is 0 Å². The lowest BCUT2D eigenvalue weighted by molar-refractivity contribution is 0.176. The quantitative estimate of drug-likeness (QED) is 0.826. The molecule has 0 atom stereocenters. The second-order valence-electron chi connectivity index (χ2n) is 3.80. The second-order valence-corrected chi connectivity index (χ2v) is 3.80. The molecule has 0 saturated carbocycles. The van der Waals surface area contributed by atoms with E-state index in [9.17, 15) is 0 Å². The number of aliphatic hydroxyl groups is 1. The minimum absolute atomic E-state index is 0.180. The van der Waals surface area contributed by atoms with E-state index in [2.05, 4.69) is 4.90 Å². The molecule has 0 unspecified atom stereocenters. The minimum Gasteiger partial charge on any atom is -0.493 e. The van der Waals surface area contributed by atoms with E-state index in [1.165, 1.54) is 0 Å². The summed E-state index contributed by atoms with van der Waals surface area (Å²) in [5.74, 6) is 1.62. The fourth-order valence-corrected chi connectivity index (χ4v) is 1.94. The summed E-state index contributed by atoms with van der Waals surface area (Å²) < 4.78 is 11.0. The van der Waals surface area contributed by atoms with Gasteiger partial charge in [-0.15, -0.1) is 0 Å². The predicted molar refractivity (Wildman–Crippen MR) is 60.9 cm³/mol. The third-order valence-corrected chi connectivity index (χ3v) is 2.74. The van der Waals surface area contributed by atoms with Gasteiger partial charge in [0, 0.05) is 25.2 Å². The zero-order valence-electron chi connectivity index (χ0n) is 9.48. The van der Waals surface area contributed by atoms with Gasteiger partial charge >= 0.3 is 0 Å². The Hall–Kier alpha value is -1.26. The lowest BCUT2D eigenvalue weighted by atomic mass is 10.2. The Morgan fingerprint density at radius 3 is 3.12 bits per heavy atom. The lowest BCUT2D eigenvalue weighted by Gasteiger charge is -2.17. The first-order valence-electron chi connectivity index (χ1n) is 5.47. The maximum absolute atomic E-state index is 8.95. The van der Waals surface area contributed by atoms with Gasteiger partial charge in [0.05, 0.1) is 13.7 Å². The van der Waals surface area contributed by atoms with Crippen molar-refractivity contribution in [3.63, 3.8) is 0 Å². The monoisotopic (exact) mass is 223 g/mol. The molecular formula is C12H17NO3. The largest absolute Gasteiger partial charge is 0.493 e. The van der Waals surface area contributed by atoms with Crippen LogP contribution in [0.25, 0.3) is 0 Å². The highest BCUT2D eigenvalue weighted by molar-refractivity contribution is 5.46. The van der Waals surface area contributed by atoms with Gasteiger partial charge in [-0.2, -0.15) is 0 Å². The molecule has 1 N–H and O–H groups in total. The Balaban J connectivity index is 2.23. The number of aliphatic hydroxyl groups excluding tert-OH is 1. The Morgan fingerprint density at radius 1 is 1.50 bits per heavy atom. The van der Waals surface area contributed by atoms with Crippen LogP contribution in [0.2, 0.25) is 0 Å². The summed E-state index contributed by atoms with van der Waals surface area (Å²) in [7, 11) is 1.65. The van der Waals surface area contributed by atoms with Crippen LogP contribution >= 0.6 is 0 Å². The number of ether oxygens (including phenoxy) is 2. The number of hydrogen-bond acceptors (Lipinski definition) is 4. The summed E-state index contributed by atoms with van der Waals surface area (Å²) in [4.78, 5) is 2.17. The van der Waals surface area contributed by atoms with Crippen LogP contribution in [0.15, 0.2) is 18.2 Å². The predicted octanol–water partition coefficient (Wildman–Crippen LogP) is 0.882. The molecule has 0 amide bonds. The van der Waals surface area contributed by atoms with Crippen molar-refractivity contribution in [2.24, 2.45) is 0 Å². The summed E-state index contributed by atoms with van der Waals surface area (Å²) >= 11 is 0. The highest BCUT2D eigenvalue weighted by atomic mass is 16.5. The molecule has 0 bridgehead atoms. The van der Waals surface area contributed by atoms with Gasteiger partial charge in [-0.25, -0.2) is 0 Å². The number of β-amino-alcohol motifs (C(OH)–C–C–N with tert-alkyl or cyclic N) is 1. The van der Waals surface area contributed by atoms with Crippen LogP contribution in [0.1, 0.15) is 5.56 Å².